The van der Waals surface area contributed by atoms with Gasteiger partial charge in [0.25, 0.3) is 0 Å². The van der Waals surface area contributed by atoms with Gasteiger partial charge in [-0.2, -0.15) is 5.10 Å². The van der Waals surface area contributed by atoms with Crippen molar-refractivity contribution in [3.8, 4) is 5.69 Å². The van der Waals surface area contributed by atoms with Crippen LogP contribution in [0.5, 0.6) is 0 Å². The molecule has 3 aromatic rings. The van der Waals surface area contributed by atoms with Crippen LogP contribution in [0.1, 0.15) is 17.0 Å². The molecule has 152 valence electrons. The van der Waals surface area contributed by atoms with Crippen molar-refractivity contribution in [1.29, 1.82) is 0 Å². The molecule has 0 aliphatic heterocycles. The fourth-order valence-electron chi connectivity index (χ4n) is 2.87. The number of anilines is 1. The van der Waals surface area contributed by atoms with E-state index in [0.717, 1.165) is 0 Å². The molecule has 3 rings (SSSR count). The average Bonchev–Trinajstić information content (AvgIpc) is 2.90. The summed E-state index contributed by atoms with van der Waals surface area (Å²) in [4.78, 5) is 12.2. The lowest BCUT2D eigenvalue weighted by atomic mass is 10.1. The number of benzene rings is 2. The number of aryl methyl sites for hydroxylation is 1. The van der Waals surface area contributed by atoms with Crippen LogP contribution in [-0.4, -0.2) is 24.1 Å². The second kappa shape index (κ2) is 8.16. The van der Waals surface area contributed by atoms with Crippen LogP contribution in [0.3, 0.4) is 0 Å². The fraction of sp³-hybridized carbons (Fsp3) is 0.158. The van der Waals surface area contributed by atoms with Crippen LogP contribution < -0.4 is 10.5 Å². The largest absolute Gasteiger partial charge is 0.326 e. The number of aromatic nitrogens is 2. The molecule has 0 fully saturated rings. The van der Waals surface area contributed by atoms with E-state index in [2.05, 4.69) is 10.4 Å². The Morgan fingerprint density at radius 3 is 2.45 bits per heavy atom. The Kier molecular flexibility index (Phi) is 6.00. The number of nitrogens with zero attached hydrogens (tertiary/aromatic N) is 2. The Hall–Kier alpha value is -2.39. The van der Waals surface area contributed by atoms with Gasteiger partial charge >= 0.3 is 0 Å². The lowest BCUT2D eigenvalue weighted by Gasteiger charge is -2.13. The lowest BCUT2D eigenvalue weighted by Crippen LogP contribution is -2.18. The standard InChI is InChI=1S/C19H18Cl2N4O3S/c1-11-19(21)12(2)25(24-11)16-8-7-14(10-17(16)29(22,27)28)23-18(26)9-13-5-3-4-6-15(13)20/h3-8,10H,9H2,1-2H3,(H,23,26)(H2,22,27,28). The van der Waals surface area contributed by atoms with E-state index >= 15 is 0 Å². The molecule has 10 heteroatoms. The molecule has 1 aromatic heterocycles. The van der Waals surface area contributed by atoms with Crippen LogP contribution in [0.4, 0.5) is 5.69 Å². The molecule has 0 aliphatic carbocycles. The highest BCUT2D eigenvalue weighted by Gasteiger charge is 2.21. The maximum atomic E-state index is 12.4. The maximum Gasteiger partial charge on any atom is 0.240 e. The molecule has 0 saturated carbocycles. The molecule has 0 saturated heterocycles. The van der Waals surface area contributed by atoms with Gasteiger partial charge in [0.05, 0.1) is 28.5 Å². The van der Waals surface area contributed by atoms with Crippen molar-refractivity contribution in [2.45, 2.75) is 25.2 Å². The second-order valence-electron chi connectivity index (χ2n) is 6.44. The molecule has 0 unspecified atom stereocenters. The van der Waals surface area contributed by atoms with Gasteiger partial charge < -0.3 is 5.32 Å². The lowest BCUT2D eigenvalue weighted by molar-refractivity contribution is -0.115. The minimum atomic E-state index is -4.10. The van der Waals surface area contributed by atoms with E-state index in [1.54, 1.807) is 44.2 Å². The Labute approximate surface area is 178 Å². The second-order valence-corrected chi connectivity index (χ2v) is 8.76. The zero-order valence-electron chi connectivity index (χ0n) is 15.6. The number of amides is 1. The van der Waals surface area contributed by atoms with Crippen molar-refractivity contribution in [2.24, 2.45) is 5.14 Å². The van der Waals surface area contributed by atoms with Crippen LogP contribution in [0, 0.1) is 13.8 Å². The third kappa shape index (κ3) is 4.62. The highest BCUT2D eigenvalue weighted by molar-refractivity contribution is 7.89. The fourth-order valence-corrected chi connectivity index (χ4v) is 3.93. The predicted octanol–water partition coefficient (Wildman–Crippen LogP) is 3.62. The molecule has 2 aromatic carbocycles. The zero-order valence-corrected chi connectivity index (χ0v) is 17.9. The summed E-state index contributed by atoms with van der Waals surface area (Å²) in [7, 11) is -4.10. The van der Waals surface area contributed by atoms with Crippen LogP contribution >= 0.6 is 23.2 Å². The van der Waals surface area contributed by atoms with Crippen molar-refractivity contribution < 1.29 is 13.2 Å². The zero-order chi connectivity index (χ0) is 21.3. The molecular weight excluding hydrogens is 435 g/mol. The van der Waals surface area contributed by atoms with Gasteiger partial charge in [-0.3, -0.25) is 4.79 Å². The molecule has 1 heterocycles. The van der Waals surface area contributed by atoms with Gasteiger partial charge in [-0.25, -0.2) is 18.2 Å². The Balaban J connectivity index is 1.95. The van der Waals surface area contributed by atoms with E-state index in [-0.39, 0.29) is 28.6 Å². The normalized spacial score (nSPS) is 11.5. The summed E-state index contributed by atoms with van der Waals surface area (Å²) < 4.78 is 25.8. The van der Waals surface area contributed by atoms with E-state index in [0.29, 0.717) is 27.0 Å². The minimum Gasteiger partial charge on any atom is -0.326 e. The van der Waals surface area contributed by atoms with Crippen LogP contribution in [-0.2, 0) is 21.2 Å². The smallest absolute Gasteiger partial charge is 0.240 e. The van der Waals surface area contributed by atoms with E-state index in [1.807, 2.05) is 0 Å². The number of rotatable bonds is 5. The van der Waals surface area contributed by atoms with E-state index in [1.165, 1.54) is 16.8 Å². The number of carbonyl (C=O) groups is 1. The minimum absolute atomic E-state index is 0.0409. The summed E-state index contributed by atoms with van der Waals surface area (Å²) >= 11 is 12.3. The number of primary sulfonamides is 1. The molecule has 0 atom stereocenters. The van der Waals surface area contributed by atoms with Gasteiger partial charge in [-0.05, 0) is 43.7 Å². The van der Waals surface area contributed by atoms with Gasteiger partial charge in [-0.15, -0.1) is 0 Å². The SMILES string of the molecule is Cc1nn(-c2ccc(NC(=O)Cc3ccccc3Cl)cc2S(N)(=O)=O)c(C)c1Cl. The summed E-state index contributed by atoms with van der Waals surface area (Å²) in [5, 5.41) is 13.3. The first kappa shape index (κ1) is 21.3. The first-order chi connectivity index (χ1) is 13.6. The number of sulfonamides is 1. The van der Waals surface area contributed by atoms with E-state index in [9.17, 15) is 13.2 Å². The van der Waals surface area contributed by atoms with Crippen LogP contribution in [0.15, 0.2) is 47.4 Å². The topological polar surface area (TPSA) is 107 Å². The van der Waals surface area contributed by atoms with Crippen molar-refractivity contribution in [1.82, 2.24) is 9.78 Å². The Bertz CT molecular complexity index is 1210. The van der Waals surface area contributed by atoms with Gasteiger partial charge in [0.15, 0.2) is 0 Å². The monoisotopic (exact) mass is 452 g/mol. The molecule has 0 spiro atoms. The molecule has 7 nitrogen and oxygen atoms in total. The number of nitrogens with two attached hydrogens (primary N) is 1. The van der Waals surface area contributed by atoms with Gasteiger partial charge in [0, 0.05) is 10.7 Å². The molecule has 1 amide bonds. The number of halogens is 2. The van der Waals surface area contributed by atoms with Gasteiger partial charge in [0.2, 0.25) is 15.9 Å². The number of nitrogens with one attached hydrogen (secondary N) is 1. The number of hydrogen-bond acceptors (Lipinski definition) is 4. The molecule has 0 bridgehead atoms. The van der Waals surface area contributed by atoms with Gasteiger partial charge in [0.1, 0.15) is 4.90 Å². The molecule has 3 N–H and O–H groups in total. The predicted molar refractivity (Wildman–Crippen MR) is 113 cm³/mol. The summed E-state index contributed by atoms with van der Waals surface area (Å²) in [5.74, 6) is -0.347. The first-order valence-corrected chi connectivity index (χ1v) is 10.8. The quantitative estimate of drug-likeness (QED) is 0.615. The van der Waals surface area contributed by atoms with Crippen molar-refractivity contribution in [2.75, 3.05) is 5.32 Å². The Morgan fingerprint density at radius 2 is 1.86 bits per heavy atom. The highest BCUT2D eigenvalue weighted by atomic mass is 35.5. The first-order valence-electron chi connectivity index (χ1n) is 8.50. The third-order valence-electron chi connectivity index (χ3n) is 4.29. The molecular formula is C19H18Cl2N4O3S. The Morgan fingerprint density at radius 1 is 1.17 bits per heavy atom. The van der Waals surface area contributed by atoms with Crippen LogP contribution in [0.2, 0.25) is 10.0 Å². The van der Waals surface area contributed by atoms with Gasteiger partial charge in [-0.1, -0.05) is 41.4 Å². The summed E-state index contributed by atoms with van der Waals surface area (Å²) in [5.41, 5.74) is 2.31. The summed E-state index contributed by atoms with van der Waals surface area (Å²) in [6, 6.07) is 11.4. The van der Waals surface area contributed by atoms with Crippen molar-refractivity contribution in [3.05, 3.63) is 69.5 Å². The molecule has 0 aliphatic rings. The van der Waals surface area contributed by atoms with Crippen LogP contribution in [0.25, 0.3) is 5.69 Å². The van der Waals surface area contributed by atoms with Crippen molar-refractivity contribution >= 4 is 44.8 Å². The summed E-state index contributed by atoms with van der Waals surface area (Å²) in [6.07, 6.45) is 0.0409. The molecule has 0 radical (unpaired) electrons. The number of carbonyl (C=O) groups excluding carboxylic acids is 1. The average molecular weight is 453 g/mol. The van der Waals surface area contributed by atoms with E-state index < -0.39 is 10.0 Å². The van der Waals surface area contributed by atoms with Crippen molar-refractivity contribution in [3.63, 3.8) is 0 Å². The number of hydrogen-bond donors (Lipinski definition) is 2. The molecule has 29 heavy (non-hydrogen) atoms. The summed E-state index contributed by atoms with van der Waals surface area (Å²) in [6.45, 7) is 3.43. The highest BCUT2D eigenvalue weighted by Crippen LogP contribution is 2.28. The third-order valence-corrected chi connectivity index (χ3v) is 6.15. The van der Waals surface area contributed by atoms with E-state index in [4.69, 9.17) is 28.3 Å². The maximum absolute atomic E-state index is 12.4.